The van der Waals surface area contributed by atoms with Crippen LogP contribution < -0.4 is 0 Å². The third-order valence-electron chi connectivity index (χ3n) is 2.28. The molecule has 0 aliphatic heterocycles. The summed E-state index contributed by atoms with van der Waals surface area (Å²) >= 11 is 1.64. The van der Waals surface area contributed by atoms with E-state index in [1.165, 1.54) is 11.1 Å². The number of rotatable bonds is 4. The summed E-state index contributed by atoms with van der Waals surface area (Å²) in [6, 6.07) is 12.2. The van der Waals surface area contributed by atoms with Gasteiger partial charge < -0.3 is 4.84 Å². The maximum absolute atomic E-state index is 5.25. The maximum Gasteiger partial charge on any atom is 0.142 e. The van der Waals surface area contributed by atoms with Crippen molar-refractivity contribution in [3.8, 4) is 0 Å². The molecule has 0 saturated heterocycles. The number of aryl methyl sites for hydroxylation is 1. The maximum atomic E-state index is 5.25. The minimum Gasteiger partial charge on any atom is -0.391 e. The van der Waals surface area contributed by atoms with E-state index in [0.717, 1.165) is 4.88 Å². The summed E-state index contributed by atoms with van der Waals surface area (Å²) in [6.45, 7) is 2.59. The SMILES string of the molecule is Cc1ccccc1CON=Cc1cccs1. The highest BCUT2D eigenvalue weighted by Gasteiger charge is 1.95. The van der Waals surface area contributed by atoms with Crippen LogP contribution in [0.5, 0.6) is 0 Å². The van der Waals surface area contributed by atoms with Crippen LogP contribution in [-0.4, -0.2) is 6.21 Å². The number of thiophene rings is 1. The Labute approximate surface area is 99.2 Å². The minimum atomic E-state index is 0.522. The molecule has 2 nitrogen and oxygen atoms in total. The lowest BCUT2D eigenvalue weighted by Crippen LogP contribution is -1.90. The van der Waals surface area contributed by atoms with Gasteiger partial charge in [-0.05, 0) is 29.5 Å². The van der Waals surface area contributed by atoms with Gasteiger partial charge in [-0.2, -0.15) is 0 Å². The minimum absolute atomic E-state index is 0.522. The Morgan fingerprint density at radius 2 is 2.12 bits per heavy atom. The van der Waals surface area contributed by atoms with Crippen molar-refractivity contribution in [3.63, 3.8) is 0 Å². The summed E-state index contributed by atoms with van der Waals surface area (Å²) in [5.41, 5.74) is 2.40. The zero-order chi connectivity index (χ0) is 11.2. The molecule has 2 aromatic rings. The van der Waals surface area contributed by atoms with Crippen LogP contribution in [0.15, 0.2) is 46.9 Å². The van der Waals surface area contributed by atoms with E-state index >= 15 is 0 Å². The predicted molar refractivity (Wildman–Crippen MR) is 67.9 cm³/mol. The van der Waals surface area contributed by atoms with E-state index in [9.17, 15) is 0 Å². The summed E-state index contributed by atoms with van der Waals surface area (Å²) in [5, 5.41) is 5.95. The Hall–Kier alpha value is -1.61. The van der Waals surface area contributed by atoms with Gasteiger partial charge in [-0.25, -0.2) is 0 Å². The van der Waals surface area contributed by atoms with Gasteiger partial charge in [0.25, 0.3) is 0 Å². The summed E-state index contributed by atoms with van der Waals surface area (Å²) in [6.07, 6.45) is 1.74. The summed E-state index contributed by atoms with van der Waals surface area (Å²) in [5.74, 6) is 0. The smallest absolute Gasteiger partial charge is 0.142 e. The Morgan fingerprint density at radius 1 is 1.25 bits per heavy atom. The number of nitrogens with zero attached hydrogens (tertiary/aromatic N) is 1. The van der Waals surface area contributed by atoms with E-state index in [1.807, 2.05) is 29.6 Å². The molecule has 0 aliphatic carbocycles. The van der Waals surface area contributed by atoms with Crippen LogP contribution in [0.3, 0.4) is 0 Å². The molecule has 16 heavy (non-hydrogen) atoms. The van der Waals surface area contributed by atoms with Gasteiger partial charge in [-0.15, -0.1) is 11.3 Å². The number of hydrogen-bond acceptors (Lipinski definition) is 3. The summed E-state index contributed by atoms with van der Waals surface area (Å²) in [7, 11) is 0. The molecule has 0 unspecified atom stereocenters. The van der Waals surface area contributed by atoms with Crippen LogP contribution in [0, 0.1) is 6.92 Å². The van der Waals surface area contributed by atoms with Crippen molar-refractivity contribution in [3.05, 3.63) is 57.8 Å². The molecule has 1 aromatic heterocycles. The van der Waals surface area contributed by atoms with E-state index in [2.05, 4.69) is 24.2 Å². The number of oxime groups is 1. The molecule has 0 radical (unpaired) electrons. The Balaban J connectivity index is 1.87. The number of hydrogen-bond donors (Lipinski definition) is 0. The lowest BCUT2D eigenvalue weighted by atomic mass is 10.1. The zero-order valence-corrected chi connectivity index (χ0v) is 9.91. The first kappa shape index (κ1) is 10.9. The molecule has 0 atom stereocenters. The molecule has 1 aromatic carbocycles. The van der Waals surface area contributed by atoms with E-state index in [4.69, 9.17) is 4.84 Å². The second-order valence-corrected chi connectivity index (χ2v) is 4.43. The van der Waals surface area contributed by atoms with Gasteiger partial charge in [0.05, 0.1) is 6.21 Å². The molecule has 0 aliphatic rings. The second-order valence-electron chi connectivity index (χ2n) is 3.45. The Kier molecular flexibility index (Phi) is 3.72. The van der Waals surface area contributed by atoms with Gasteiger partial charge in [-0.3, -0.25) is 0 Å². The first-order valence-corrected chi connectivity index (χ1v) is 5.97. The summed E-state index contributed by atoms with van der Waals surface area (Å²) < 4.78 is 0. The first-order chi connectivity index (χ1) is 7.86. The van der Waals surface area contributed by atoms with Crippen molar-refractivity contribution in [2.45, 2.75) is 13.5 Å². The zero-order valence-electron chi connectivity index (χ0n) is 9.09. The highest BCUT2D eigenvalue weighted by atomic mass is 32.1. The van der Waals surface area contributed by atoms with Crippen molar-refractivity contribution in [2.24, 2.45) is 5.16 Å². The largest absolute Gasteiger partial charge is 0.391 e. The van der Waals surface area contributed by atoms with Crippen LogP contribution in [0.2, 0.25) is 0 Å². The predicted octanol–water partition coefficient (Wildman–Crippen LogP) is 3.61. The molecule has 3 heteroatoms. The Morgan fingerprint density at radius 3 is 2.88 bits per heavy atom. The third kappa shape index (κ3) is 2.94. The fraction of sp³-hybridized carbons (Fsp3) is 0.154. The second kappa shape index (κ2) is 5.47. The van der Waals surface area contributed by atoms with Crippen LogP contribution in [-0.2, 0) is 11.4 Å². The van der Waals surface area contributed by atoms with E-state index in [1.54, 1.807) is 17.6 Å². The topological polar surface area (TPSA) is 21.6 Å². The molecule has 0 spiro atoms. The average Bonchev–Trinajstić information content (AvgIpc) is 2.79. The van der Waals surface area contributed by atoms with Crippen LogP contribution in [0.25, 0.3) is 0 Å². The van der Waals surface area contributed by atoms with Gasteiger partial charge in [0.1, 0.15) is 6.61 Å². The van der Waals surface area contributed by atoms with Crippen molar-refractivity contribution < 1.29 is 4.84 Å². The molecule has 0 saturated carbocycles. The lowest BCUT2D eigenvalue weighted by molar-refractivity contribution is 0.132. The van der Waals surface area contributed by atoms with Gasteiger partial charge in [0, 0.05) is 4.88 Å². The molecular formula is C13H13NOS. The molecule has 0 bridgehead atoms. The fourth-order valence-electron chi connectivity index (χ4n) is 1.33. The van der Waals surface area contributed by atoms with Crippen molar-refractivity contribution in [1.29, 1.82) is 0 Å². The van der Waals surface area contributed by atoms with E-state index in [0.29, 0.717) is 6.61 Å². The number of benzene rings is 1. The van der Waals surface area contributed by atoms with Crippen molar-refractivity contribution in [1.82, 2.24) is 0 Å². The lowest BCUT2D eigenvalue weighted by Gasteiger charge is -2.02. The van der Waals surface area contributed by atoms with E-state index in [-0.39, 0.29) is 0 Å². The molecule has 0 N–H and O–H groups in total. The van der Waals surface area contributed by atoms with Crippen molar-refractivity contribution >= 4 is 17.6 Å². The highest BCUT2D eigenvalue weighted by molar-refractivity contribution is 7.11. The quantitative estimate of drug-likeness (QED) is 0.582. The molecule has 0 amide bonds. The Bertz CT molecular complexity index is 463. The van der Waals surface area contributed by atoms with Crippen molar-refractivity contribution in [2.75, 3.05) is 0 Å². The van der Waals surface area contributed by atoms with Gasteiger partial charge in [0.15, 0.2) is 0 Å². The van der Waals surface area contributed by atoms with Gasteiger partial charge in [0.2, 0.25) is 0 Å². The van der Waals surface area contributed by atoms with Crippen LogP contribution in [0.1, 0.15) is 16.0 Å². The molecule has 82 valence electrons. The van der Waals surface area contributed by atoms with Crippen LogP contribution in [0.4, 0.5) is 0 Å². The fourth-order valence-corrected chi connectivity index (χ4v) is 1.91. The average molecular weight is 231 g/mol. The molecule has 0 fully saturated rings. The third-order valence-corrected chi connectivity index (χ3v) is 3.09. The first-order valence-electron chi connectivity index (χ1n) is 5.09. The van der Waals surface area contributed by atoms with Gasteiger partial charge in [-0.1, -0.05) is 35.5 Å². The monoisotopic (exact) mass is 231 g/mol. The standard InChI is InChI=1S/C13H13NOS/c1-11-5-2-3-6-12(11)10-15-14-9-13-7-4-8-16-13/h2-9H,10H2,1H3. The van der Waals surface area contributed by atoms with E-state index < -0.39 is 0 Å². The normalized spacial score (nSPS) is 10.8. The van der Waals surface area contributed by atoms with Crippen LogP contribution >= 0.6 is 11.3 Å². The van der Waals surface area contributed by atoms with Gasteiger partial charge >= 0.3 is 0 Å². The summed E-state index contributed by atoms with van der Waals surface area (Å²) in [4.78, 5) is 6.35. The molecule has 1 heterocycles. The molecular weight excluding hydrogens is 218 g/mol. The highest BCUT2D eigenvalue weighted by Crippen LogP contribution is 2.09. The molecule has 2 rings (SSSR count).